The monoisotopic (exact) mass is 397 g/mol. The summed E-state index contributed by atoms with van der Waals surface area (Å²) in [5.74, 6) is -0.223. The van der Waals surface area contributed by atoms with Gasteiger partial charge < -0.3 is 10.6 Å². The molecule has 3 rings (SSSR count). The highest BCUT2D eigenvalue weighted by Gasteiger charge is 2.19. The van der Waals surface area contributed by atoms with Crippen LogP contribution in [-0.2, 0) is 0 Å². The van der Waals surface area contributed by atoms with Crippen molar-refractivity contribution < 1.29 is 4.79 Å². The molecule has 1 saturated heterocycles. The highest BCUT2D eigenvalue weighted by molar-refractivity contribution is 14.1. The maximum absolute atomic E-state index is 12.2. The summed E-state index contributed by atoms with van der Waals surface area (Å²) >= 11 is 2.19. The first kappa shape index (κ1) is 14.5. The van der Waals surface area contributed by atoms with E-state index in [-0.39, 0.29) is 5.91 Å². The number of carbonyl (C=O) groups is 1. The lowest BCUT2D eigenvalue weighted by molar-refractivity contribution is 0.102. The van der Waals surface area contributed by atoms with Gasteiger partial charge in [-0.2, -0.15) is 0 Å². The first-order valence-corrected chi connectivity index (χ1v) is 8.00. The van der Waals surface area contributed by atoms with Gasteiger partial charge in [-0.15, -0.1) is 5.10 Å². The third-order valence-corrected chi connectivity index (χ3v) is 4.49. The molecule has 2 N–H and O–H groups in total. The Kier molecular flexibility index (Phi) is 4.49. The van der Waals surface area contributed by atoms with Gasteiger partial charge in [0.2, 0.25) is 0 Å². The Morgan fingerprint density at radius 3 is 2.86 bits per heavy atom. The van der Waals surface area contributed by atoms with Gasteiger partial charge in [-0.25, -0.2) is 4.68 Å². The number of hydrogen-bond donors (Lipinski definition) is 2. The molecule has 7 heteroatoms. The zero-order valence-corrected chi connectivity index (χ0v) is 13.6. The summed E-state index contributed by atoms with van der Waals surface area (Å²) in [4.78, 5) is 12.2. The number of rotatable bonds is 3. The van der Waals surface area contributed by atoms with E-state index >= 15 is 0 Å². The van der Waals surface area contributed by atoms with Crippen LogP contribution in [0, 0.1) is 3.57 Å². The zero-order valence-electron chi connectivity index (χ0n) is 11.4. The Bertz CT molecular complexity index is 636. The van der Waals surface area contributed by atoms with Crippen LogP contribution in [0.4, 0.5) is 5.69 Å². The van der Waals surface area contributed by atoms with E-state index in [0.29, 0.717) is 11.7 Å². The molecule has 2 heterocycles. The van der Waals surface area contributed by atoms with Gasteiger partial charge >= 0.3 is 0 Å². The average Bonchev–Trinajstić information content (AvgIpc) is 3.00. The molecule has 0 bridgehead atoms. The summed E-state index contributed by atoms with van der Waals surface area (Å²) in [6, 6.07) is 7.98. The molecule has 0 unspecified atom stereocenters. The van der Waals surface area contributed by atoms with Gasteiger partial charge in [-0.3, -0.25) is 4.79 Å². The Morgan fingerprint density at radius 1 is 1.33 bits per heavy atom. The third-order valence-electron chi connectivity index (χ3n) is 3.55. The van der Waals surface area contributed by atoms with Crippen LogP contribution >= 0.6 is 22.6 Å². The standard InChI is InChI=1S/C14H16IN5O/c15-11-3-1-2-4-12(11)17-14(21)13-9-20(19-18-13)10-5-7-16-8-6-10/h1-4,9-10,16H,5-8H2,(H,17,21). The van der Waals surface area contributed by atoms with Crippen molar-refractivity contribution in [2.24, 2.45) is 0 Å². The minimum absolute atomic E-state index is 0.223. The second-order valence-electron chi connectivity index (χ2n) is 5.00. The number of nitrogens with one attached hydrogen (secondary N) is 2. The van der Waals surface area contributed by atoms with Gasteiger partial charge in [0.1, 0.15) is 0 Å². The minimum atomic E-state index is -0.223. The van der Waals surface area contributed by atoms with Crippen molar-refractivity contribution in [3.63, 3.8) is 0 Å². The number of halogens is 1. The summed E-state index contributed by atoms with van der Waals surface area (Å²) in [7, 11) is 0. The molecule has 21 heavy (non-hydrogen) atoms. The van der Waals surface area contributed by atoms with Crippen molar-refractivity contribution in [3.05, 3.63) is 39.7 Å². The topological polar surface area (TPSA) is 71.8 Å². The number of piperidine rings is 1. The summed E-state index contributed by atoms with van der Waals surface area (Å²) in [6.45, 7) is 1.96. The summed E-state index contributed by atoms with van der Waals surface area (Å²) < 4.78 is 2.81. The van der Waals surface area contributed by atoms with Crippen LogP contribution in [0.1, 0.15) is 29.4 Å². The van der Waals surface area contributed by atoms with Gasteiger partial charge in [0.25, 0.3) is 5.91 Å². The Balaban J connectivity index is 1.71. The van der Waals surface area contributed by atoms with Crippen molar-refractivity contribution in [2.45, 2.75) is 18.9 Å². The SMILES string of the molecule is O=C(Nc1ccccc1I)c1cn(C2CCNCC2)nn1. The summed E-state index contributed by atoms with van der Waals surface area (Å²) in [5.41, 5.74) is 1.15. The van der Waals surface area contributed by atoms with E-state index in [4.69, 9.17) is 0 Å². The van der Waals surface area contributed by atoms with E-state index in [9.17, 15) is 4.79 Å². The van der Waals surface area contributed by atoms with Crippen molar-refractivity contribution in [1.29, 1.82) is 0 Å². The first-order valence-electron chi connectivity index (χ1n) is 6.92. The predicted octanol–water partition coefficient (Wildman–Crippen LogP) is 2.06. The van der Waals surface area contributed by atoms with Crippen LogP contribution in [0.5, 0.6) is 0 Å². The molecule has 110 valence electrons. The molecule has 1 fully saturated rings. The molecule has 1 aromatic carbocycles. The van der Waals surface area contributed by atoms with Crippen LogP contribution in [-0.4, -0.2) is 34.0 Å². The largest absolute Gasteiger partial charge is 0.320 e. The highest BCUT2D eigenvalue weighted by Crippen LogP contribution is 2.19. The molecular weight excluding hydrogens is 381 g/mol. The normalized spacial score (nSPS) is 15.9. The smallest absolute Gasteiger partial charge is 0.277 e. The number of para-hydroxylation sites is 1. The second-order valence-corrected chi connectivity index (χ2v) is 6.16. The highest BCUT2D eigenvalue weighted by atomic mass is 127. The fraction of sp³-hybridized carbons (Fsp3) is 0.357. The van der Waals surface area contributed by atoms with Gasteiger partial charge in [-0.05, 0) is 60.7 Å². The molecule has 0 spiro atoms. The van der Waals surface area contributed by atoms with Crippen molar-refractivity contribution >= 4 is 34.2 Å². The minimum Gasteiger partial charge on any atom is -0.320 e. The Labute approximate surface area is 136 Å². The maximum atomic E-state index is 12.2. The van der Waals surface area contributed by atoms with Crippen molar-refractivity contribution in [2.75, 3.05) is 18.4 Å². The van der Waals surface area contributed by atoms with Crippen LogP contribution in [0.25, 0.3) is 0 Å². The number of hydrogen-bond acceptors (Lipinski definition) is 4. The molecule has 2 aromatic rings. The van der Waals surface area contributed by atoms with E-state index in [0.717, 1.165) is 35.2 Å². The lowest BCUT2D eigenvalue weighted by Crippen LogP contribution is -2.29. The van der Waals surface area contributed by atoms with E-state index in [1.54, 1.807) is 6.20 Å². The third kappa shape index (κ3) is 3.41. The van der Waals surface area contributed by atoms with E-state index in [2.05, 4.69) is 43.5 Å². The molecule has 0 saturated carbocycles. The fourth-order valence-corrected chi connectivity index (χ4v) is 2.90. The second kappa shape index (κ2) is 6.52. The van der Waals surface area contributed by atoms with E-state index < -0.39 is 0 Å². The van der Waals surface area contributed by atoms with Gasteiger partial charge in [0.05, 0.1) is 17.9 Å². The lowest BCUT2D eigenvalue weighted by Gasteiger charge is -2.22. The molecule has 1 amide bonds. The van der Waals surface area contributed by atoms with E-state index in [1.807, 2.05) is 28.9 Å². The lowest BCUT2D eigenvalue weighted by atomic mass is 10.1. The molecule has 1 aromatic heterocycles. The van der Waals surface area contributed by atoms with Crippen LogP contribution in [0.3, 0.4) is 0 Å². The van der Waals surface area contributed by atoms with Crippen LogP contribution in [0.15, 0.2) is 30.5 Å². The van der Waals surface area contributed by atoms with Gasteiger partial charge in [0.15, 0.2) is 5.69 Å². The van der Waals surface area contributed by atoms with Crippen molar-refractivity contribution in [1.82, 2.24) is 20.3 Å². The number of carbonyl (C=O) groups excluding carboxylic acids is 1. The van der Waals surface area contributed by atoms with Crippen LogP contribution in [0.2, 0.25) is 0 Å². The first-order chi connectivity index (χ1) is 10.2. The molecule has 0 radical (unpaired) electrons. The number of aromatic nitrogens is 3. The van der Waals surface area contributed by atoms with Crippen molar-refractivity contribution in [3.8, 4) is 0 Å². The number of nitrogens with zero attached hydrogens (tertiary/aromatic N) is 3. The zero-order chi connectivity index (χ0) is 14.7. The van der Waals surface area contributed by atoms with Crippen LogP contribution < -0.4 is 10.6 Å². The molecule has 0 atom stereocenters. The molecule has 0 aliphatic carbocycles. The number of benzene rings is 1. The maximum Gasteiger partial charge on any atom is 0.277 e. The predicted molar refractivity (Wildman–Crippen MR) is 88.3 cm³/mol. The molecule has 1 aliphatic rings. The summed E-state index contributed by atoms with van der Waals surface area (Å²) in [5, 5.41) is 14.3. The molecular formula is C14H16IN5O. The number of amides is 1. The number of anilines is 1. The summed E-state index contributed by atoms with van der Waals surface area (Å²) in [6.07, 6.45) is 3.77. The van der Waals surface area contributed by atoms with E-state index in [1.165, 1.54) is 0 Å². The van der Waals surface area contributed by atoms with Gasteiger partial charge in [-0.1, -0.05) is 17.3 Å². The average molecular weight is 397 g/mol. The molecule has 6 nitrogen and oxygen atoms in total. The Morgan fingerprint density at radius 2 is 2.10 bits per heavy atom. The molecule has 1 aliphatic heterocycles. The Hall–Kier alpha value is -1.48. The fourth-order valence-electron chi connectivity index (χ4n) is 2.38. The van der Waals surface area contributed by atoms with Gasteiger partial charge in [0, 0.05) is 3.57 Å². The quantitative estimate of drug-likeness (QED) is 0.778.